The van der Waals surface area contributed by atoms with E-state index in [1.54, 1.807) is 42.5 Å². The molecular weight excluding hydrogens is 500 g/mol. The van der Waals surface area contributed by atoms with Gasteiger partial charge in [0.2, 0.25) is 0 Å². The van der Waals surface area contributed by atoms with Gasteiger partial charge in [0.15, 0.2) is 18.1 Å². The molecule has 3 rings (SSSR count). The van der Waals surface area contributed by atoms with Crippen LogP contribution in [-0.4, -0.2) is 44.3 Å². The molecule has 3 aromatic rings. The maximum Gasteiger partial charge on any atom is 0.329 e. The van der Waals surface area contributed by atoms with E-state index < -0.39 is 11.8 Å². The number of amides is 3. The van der Waals surface area contributed by atoms with Crippen LogP contribution in [0, 0.1) is 0 Å². The summed E-state index contributed by atoms with van der Waals surface area (Å²) in [6.45, 7) is 2.80. The lowest BCUT2D eigenvalue weighted by Gasteiger charge is -2.13. The van der Waals surface area contributed by atoms with Crippen LogP contribution in [0.5, 0.6) is 17.2 Å². The zero-order valence-corrected chi connectivity index (χ0v) is 21.9. The highest BCUT2D eigenvalue weighted by Gasteiger charge is 2.14. The molecule has 0 heterocycles. The summed E-state index contributed by atoms with van der Waals surface area (Å²) in [4.78, 5) is 36.8. The van der Waals surface area contributed by atoms with Gasteiger partial charge in [-0.05, 0) is 48.4 Å². The van der Waals surface area contributed by atoms with Crippen LogP contribution in [0.1, 0.15) is 30.9 Å². The van der Waals surface area contributed by atoms with E-state index in [2.05, 4.69) is 28.1 Å². The van der Waals surface area contributed by atoms with E-state index in [-0.39, 0.29) is 18.3 Å². The minimum Gasteiger partial charge on any atom is -0.494 e. The van der Waals surface area contributed by atoms with Gasteiger partial charge in [-0.2, -0.15) is 5.10 Å². The summed E-state index contributed by atoms with van der Waals surface area (Å²) in [5.74, 6) is -0.845. The molecule has 0 saturated heterocycles. The molecule has 0 aliphatic heterocycles. The summed E-state index contributed by atoms with van der Waals surface area (Å²) in [6.07, 6.45) is 3.28. The number of unbranched alkanes of at least 4 members (excludes halogenated alkanes) is 1. The van der Waals surface area contributed by atoms with E-state index in [4.69, 9.17) is 14.2 Å². The first-order chi connectivity index (χ1) is 19.0. The number of nitrogens with one attached hydrogen (secondary N) is 3. The molecule has 10 nitrogen and oxygen atoms in total. The molecule has 3 aromatic carbocycles. The van der Waals surface area contributed by atoms with Crippen LogP contribution in [0.3, 0.4) is 0 Å². The number of anilines is 1. The maximum atomic E-state index is 12.3. The highest BCUT2D eigenvalue weighted by atomic mass is 16.5. The molecule has 0 fully saturated rings. The Labute approximate surface area is 227 Å². The van der Waals surface area contributed by atoms with E-state index in [0.29, 0.717) is 35.9 Å². The van der Waals surface area contributed by atoms with Crippen molar-refractivity contribution in [2.24, 2.45) is 5.10 Å². The molecule has 204 valence electrons. The fourth-order valence-corrected chi connectivity index (χ4v) is 3.30. The first kappa shape index (κ1) is 28.7. The van der Waals surface area contributed by atoms with Crippen LogP contribution < -0.4 is 30.3 Å². The molecule has 3 amide bonds. The van der Waals surface area contributed by atoms with Crippen LogP contribution in [0.2, 0.25) is 0 Å². The van der Waals surface area contributed by atoms with Crippen LogP contribution >= 0.6 is 0 Å². The Kier molecular flexibility index (Phi) is 11.3. The van der Waals surface area contributed by atoms with Gasteiger partial charge < -0.3 is 24.8 Å². The molecule has 0 bridgehead atoms. The van der Waals surface area contributed by atoms with Gasteiger partial charge in [-0.3, -0.25) is 14.4 Å². The average molecular weight is 533 g/mol. The fourth-order valence-electron chi connectivity index (χ4n) is 3.30. The SMILES string of the molecule is CCCCOc1ccc(NC(=O)C(=O)N/N=C\c2cccc(OC)c2OCC(=O)NCc2ccccc2)cc1. The van der Waals surface area contributed by atoms with Gasteiger partial charge in [0.05, 0.1) is 19.9 Å². The number of methoxy groups -OCH3 is 1. The van der Waals surface area contributed by atoms with Gasteiger partial charge >= 0.3 is 11.8 Å². The molecule has 0 saturated carbocycles. The van der Waals surface area contributed by atoms with Crippen molar-refractivity contribution in [2.75, 3.05) is 25.6 Å². The molecule has 0 spiro atoms. The Morgan fingerprint density at radius 2 is 1.67 bits per heavy atom. The molecule has 0 aliphatic rings. The van der Waals surface area contributed by atoms with Gasteiger partial charge in [0.1, 0.15) is 5.75 Å². The first-order valence-corrected chi connectivity index (χ1v) is 12.5. The largest absolute Gasteiger partial charge is 0.494 e. The van der Waals surface area contributed by atoms with Gasteiger partial charge in [-0.25, -0.2) is 5.43 Å². The zero-order valence-electron chi connectivity index (χ0n) is 21.9. The van der Waals surface area contributed by atoms with E-state index >= 15 is 0 Å². The molecule has 0 unspecified atom stereocenters. The van der Waals surface area contributed by atoms with E-state index in [0.717, 1.165) is 18.4 Å². The molecule has 0 atom stereocenters. The summed E-state index contributed by atoms with van der Waals surface area (Å²) < 4.78 is 16.6. The van der Waals surface area contributed by atoms with Crippen molar-refractivity contribution in [1.29, 1.82) is 0 Å². The van der Waals surface area contributed by atoms with Gasteiger partial charge in [-0.15, -0.1) is 0 Å². The number of rotatable bonds is 13. The van der Waals surface area contributed by atoms with Crippen molar-refractivity contribution in [1.82, 2.24) is 10.7 Å². The van der Waals surface area contributed by atoms with Crippen molar-refractivity contribution in [2.45, 2.75) is 26.3 Å². The lowest BCUT2D eigenvalue weighted by atomic mass is 10.2. The number of hydrogen-bond acceptors (Lipinski definition) is 7. The van der Waals surface area contributed by atoms with Gasteiger partial charge in [0, 0.05) is 17.8 Å². The molecular formula is C29H32N4O6. The fraction of sp³-hybridized carbons (Fsp3) is 0.241. The van der Waals surface area contributed by atoms with Crippen LogP contribution in [0.4, 0.5) is 5.69 Å². The second-order valence-electron chi connectivity index (χ2n) is 8.31. The van der Waals surface area contributed by atoms with Gasteiger partial charge in [0.25, 0.3) is 5.91 Å². The average Bonchev–Trinajstić information content (AvgIpc) is 2.96. The normalized spacial score (nSPS) is 10.5. The third-order valence-corrected chi connectivity index (χ3v) is 5.36. The minimum atomic E-state index is -0.958. The first-order valence-electron chi connectivity index (χ1n) is 12.5. The zero-order chi connectivity index (χ0) is 27.9. The summed E-state index contributed by atoms with van der Waals surface area (Å²) in [5.41, 5.74) is 4.02. The quantitative estimate of drug-likeness (QED) is 0.133. The second-order valence-corrected chi connectivity index (χ2v) is 8.31. The maximum absolute atomic E-state index is 12.3. The molecule has 0 aliphatic carbocycles. The second kappa shape index (κ2) is 15.4. The molecule has 0 radical (unpaired) electrons. The van der Waals surface area contributed by atoms with E-state index in [9.17, 15) is 14.4 Å². The standard InChI is InChI=1S/C29H32N4O6/c1-3-4-17-38-24-15-13-23(14-16-24)32-28(35)29(36)33-31-19-22-11-8-12-25(37-2)27(22)39-20-26(34)30-18-21-9-6-5-7-10-21/h5-16,19H,3-4,17-18,20H2,1-2H3,(H,30,34)(H,32,35)(H,33,36)/b31-19-. The predicted molar refractivity (Wildman–Crippen MR) is 148 cm³/mol. The Morgan fingerprint density at radius 1 is 0.897 bits per heavy atom. The highest BCUT2D eigenvalue weighted by molar-refractivity contribution is 6.39. The Morgan fingerprint density at radius 3 is 2.38 bits per heavy atom. The van der Waals surface area contributed by atoms with E-state index in [1.807, 2.05) is 30.3 Å². The predicted octanol–water partition coefficient (Wildman–Crippen LogP) is 3.66. The lowest BCUT2D eigenvalue weighted by molar-refractivity contribution is -0.136. The highest BCUT2D eigenvalue weighted by Crippen LogP contribution is 2.30. The number of para-hydroxylation sites is 1. The number of benzene rings is 3. The van der Waals surface area contributed by atoms with Crippen molar-refractivity contribution in [3.05, 3.63) is 83.9 Å². The Bertz CT molecular complexity index is 1260. The molecule has 0 aromatic heterocycles. The summed E-state index contributed by atoms with van der Waals surface area (Å²) in [6, 6.07) is 21.3. The summed E-state index contributed by atoms with van der Waals surface area (Å²) in [7, 11) is 1.47. The minimum absolute atomic E-state index is 0.259. The third kappa shape index (κ3) is 9.51. The van der Waals surface area contributed by atoms with Crippen LogP contribution in [0.15, 0.2) is 77.9 Å². The number of hydrazone groups is 1. The number of hydrogen-bond donors (Lipinski definition) is 3. The van der Waals surface area contributed by atoms with Crippen molar-refractivity contribution in [3.8, 4) is 17.2 Å². The van der Waals surface area contributed by atoms with Crippen molar-refractivity contribution in [3.63, 3.8) is 0 Å². The Balaban J connectivity index is 1.53. The van der Waals surface area contributed by atoms with Gasteiger partial charge in [-0.1, -0.05) is 49.7 Å². The third-order valence-electron chi connectivity index (χ3n) is 5.36. The van der Waals surface area contributed by atoms with Crippen LogP contribution in [0.25, 0.3) is 0 Å². The van der Waals surface area contributed by atoms with E-state index in [1.165, 1.54) is 13.3 Å². The molecule has 10 heteroatoms. The number of carbonyl (C=O) groups is 3. The van der Waals surface area contributed by atoms with Crippen LogP contribution in [-0.2, 0) is 20.9 Å². The lowest BCUT2D eigenvalue weighted by Crippen LogP contribution is -2.32. The summed E-state index contributed by atoms with van der Waals surface area (Å²) >= 11 is 0. The molecule has 39 heavy (non-hydrogen) atoms. The van der Waals surface area contributed by atoms with Crippen molar-refractivity contribution < 1.29 is 28.6 Å². The number of ether oxygens (including phenoxy) is 3. The number of nitrogens with zero attached hydrogens (tertiary/aromatic N) is 1. The Hall–Kier alpha value is -4.86. The summed E-state index contributed by atoms with van der Waals surface area (Å²) in [5, 5.41) is 9.14. The topological polar surface area (TPSA) is 127 Å². The molecule has 3 N–H and O–H groups in total. The smallest absolute Gasteiger partial charge is 0.329 e. The monoisotopic (exact) mass is 532 g/mol. The number of carbonyl (C=O) groups excluding carboxylic acids is 3. The van der Waals surface area contributed by atoms with Crippen molar-refractivity contribution >= 4 is 29.6 Å².